The highest BCUT2D eigenvalue weighted by Gasteiger charge is 2.24. The second-order valence-corrected chi connectivity index (χ2v) is 8.02. The van der Waals surface area contributed by atoms with E-state index in [9.17, 15) is 0 Å². The molecule has 176 valence electrons. The summed E-state index contributed by atoms with van der Waals surface area (Å²) < 4.78 is 5.32. The minimum absolute atomic E-state index is 0. The number of piperidine rings is 1. The van der Waals surface area contributed by atoms with Crippen molar-refractivity contribution >= 4 is 29.9 Å². The molecule has 1 aromatic carbocycles. The van der Waals surface area contributed by atoms with Gasteiger partial charge in [0.25, 0.3) is 5.89 Å². The summed E-state index contributed by atoms with van der Waals surface area (Å²) in [5.41, 5.74) is 2.06. The van der Waals surface area contributed by atoms with Gasteiger partial charge in [-0.05, 0) is 37.5 Å². The molecule has 1 atom stereocenters. The lowest BCUT2D eigenvalue weighted by atomic mass is 10.0. The molecule has 0 bridgehead atoms. The highest BCUT2D eigenvalue weighted by Crippen LogP contribution is 2.24. The number of aromatic nitrogens is 3. The molecule has 8 nitrogen and oxygen atoms in total. The first-order valence-electron chi connectivity index (χ1n) is 11.2. The minimum atomic E-state index is 0. The maximum absolute atomic E-state index is 5.32. The Morgan fingerprint density at radius 2 is 1.91 bits per heavy atom. The molecule has 2 aromatic heterocycles. The summed E-state index contributed by atoms with van der Waals surface area (Å²) >= 11 is 0. The monoisotopic (exact) mass is 561 g/mol. The van der Waals surface area contributed by atoms with E-state index in [0.717, 1.165) is 31.9 Å². The lowest BCUT2D eigenvalue weighted by molar-refractivity contribution is 0.158. The number of pyridine rings is 1. The van der Waals surface area contributed by atoms with Crippen LogP contribution in [-0.2, 0) is 6.42 Å². The first kappa shape index (κ1) is 25.1. The van der Waals surface area contributed by atoms with Gasteiger partial charge in [-0.2, -0.15) is 4.98 Å². The third-order valence-corrected chi connectivity index (χ3v) is 5.92. The average molecular weight is 561 g/mol. The lowest BCUT2D eigenvalue weighted by Gasteiger charge is -2.37. The van der Waals surface area contributed by atoms with Crippen molar-refractivity contribution in [1.29, 1.82) is 0 Å². The molecule has 0 spiro atoms. The van der Waals surface area contributed by atoms with Crippen molar-refractivity contribution in [2.24, 2.45) is 4.99 Å². The Morgan fingerprint density at radius 1 is 1.15 bits per heavy atom. The normalized spacial score (nSPS) is 16.1. The molecule has 1 aliphatic heterocycles. The number of hydrogen-bond acceptors (Lipinski definition) is 6. The third-order valence-electron chi connectivity index (χ3n) is 5.92. The predicted molar refractivity (Wildman–Crippen MR) is 141 cm³/mol. The second-order valence-electron chi connectivity index (χ2n) is 8.02. The van der Waals surface area contributed by atoms with Crippen molar-refractivity contribution in [3.05, 3.63) is 66.1 Å². The zero-order valence-corrected chi connectivity index (χ0v) is 21.5. The van der Waals surface area contributed by atoms with Crippen molar-refractivity contribution in [3.63, 3.8) is 0 Å². The molecule has 1 fully saturated rings. The molecule has 0 amide bonds. The SMILES string of the molecule is CN=C(NCCc1noc(-c2ccccn2)n1)NC1CCN(C(C)c2ccccc2)CC1.I. The Balaban J connectivity index is 0.00000306. The van der Waals surface area contributed by atoms with Crippen LogP contribution in [0.4, 0.5) is 0 Å². The molecule has 2 N–H and O–H groups in total. The number of likely N-dealkylation sites (tertiary alicyclic amines) is 1. The van der Waals surface area contributed by atoms with E-state index < -0.39 is 0 Å². The summed E-state index contributed by atoms with van der Waals surface area (Å²) in [6.07, 6.45) is 4.54. The van der Waals surface area contributed by atoms with Gasteiger partial charge in [-0.15, -0.1) is 24.0 Å². The van der Waals surface area contributed by atoms with Gasteiger partial charge in [0.2, 0.25) is 0 Å². The van der Waals surface area contributed by atoms with Crippen molar-refractivity contribution in [2.45, 2.75) is 38.3 Å². The van der Waals surface area contributed by atoms with Gasteiger partial charge in [-0.3, -0.25) is 14.9 Å². The van der Waals surface area contributed by atoms with Gasteiger partial charge in [0.15, 0.2) is 11.8 Å². The third kappa shape index (κ3) is 6.97. The van der Waals surface area contributed by atoms with Crippen LogP contribution in [0.1, 0.15) is 37.2 Å². The summed E-state index contributed by atoms with van der Waals surface area (Å²) in [6, 6.07) is 17.2. The van der Waals surface area contributed by atoms with Crippen LogP contribution in [0.3, 0.4) is 0 Å². The second kappa shape index (κ2) is 12.6. The molecule has 0 saturated carbocycles. The molecular formula is C24H32IN7O. The van der Waals surface area contributed by atoms with Gasteiger partial charge < -0.3 is 15.2 Å². The Kier molecular flexibility index (Phi) is 9.61. The Labute approximate surface area is 212 Å². The molecule has 1 aliphatic rings. The fourth-order valence-electron chi connectivity index (χ4n) is 4.00. The number of halogens is 1. The maximum Gasteiger partial charge on any atom is 0.276 e. The van der Waals surface area contributed by atoms with Crippen LogP contribution in [0.2, 0.25) is 0 Å². The molecule has 1 saturated heterocycles. The van der Waals surface area contributed by atoms with Crippen LogP contribution in [0, 0.1) is 0 Å². The fraction of sp³-hybridized carbons (Fsp3) is 0.417. The van der Waals surface area contributed by atoms with E-state index in [-0.39, 0.29) is 24.0 Å². The minimum Gasteiger partial charge on any atom is -0.356 e. The number of benzene rings is 1. The highest BCUT2D eigenvalue weighted by molar-refractivity contribution is 14.0. The van der Waals surface area contributed by atoms with E-state index in [0.29, 0.717) is 42.5 Å². The average Bonchev–Trinajstić information content (AvgIpc) is 3.33. The van der Waals surface area contributed by atoms with Gasteiger partial charge in [-0.1, -0.05) is 41.6 Å². The molecular weight excluding hydrogens is 529 g/mol. The molecule has 0 aliphatic carbocycles. The molecule has 33 heavy (non-hydrogen) atoms. The molecule has 9 heteroatoms. The summed E-state index contributed by atoms with van der Waals surface area (Å²) in [7, 11) is 1.80. The van der Waals surface area contributed by atoms with Crippen molar-refractivity contribution in [2.75, 3.05) is 26.7 Å². The first-order valence-corrected chi connectivity index (χ1v) is 11.2. The van der Waals surface area contributed by atoms with E-state index in [1.807, 2.05) is 18.2 Å². The molecule has 3 heterocycles. The molecule has 0 radical (unpaired) electrons. The summed E-state index contributed by atoms with van der Waals surface area (Å²) in [5, 5.41) is 11.0. The topological polar surface area (TPSA) is 91.5 Å². The van der Waals surface area contributed by atoms with E-state index in [4.69, 9.17) is 4.52 Å². The largest absolute Gasteiger partial charge is 0.356 e. The standard InChI is InChI=1S/C24H31N7O.HI/c1-18(19-8-4-3-5-9-19)31-16-12-20(13-17-31)28-24(25-2)27-15-11-22-29-23(32-30-22)21-10-6-7-14-26-21;/h3-10,14,18,20H,11-13,15-17H2,1-2H3,(H2,25,27,28);1H. The molecule has 1 unspecified atom stereocenters. The van der Waals surface area contributed by atoms with E-state index >= 15 is 0 Å². The van der Waals surface area contributed by atoms with Crippen molar-refractivity contribution < 1.29 is 4.52 Å². The summed E-state index contributed by atoms with van der Waals surface area (Å²) in [6.45, 7) is 5.11. The molecule has 4 rings (SSSR count). The number of nitrogens with one attached hydrogen (secondary N) is 2. The Hall–Kier alpha value is -2.53. The lowest BCUT2D eigenvalue weighted by Crippen LogP contribution is -2.49. The Bertz CT molecular complexity index is 988. The first-order chi connectivity index (χ1) is 15.7. The zero-order chi connectivity index (χ0) is 22.2. The van der Waals surface area contributed by atoms with Gasteiger partial charge in [0.1, 0.15) is 5.69 Å². The van der Waals surface area contributed by atoms with Gasteiger partial charge in [-0.25, -0.2) is 0 Å². The van der Waals surface area contributed by atoms with Crippen LogP contribution in [-0.4, -0.2) is 58.7 Å². The van der Waals surface area contributed by atoms with Gasteiger partial charge in [0, 0.05) is 51.4 Å². The fourth-order valence-corrected chi connectivity index (χ4v) is 4.00. The Morgan fingerprint density at radius 3 is 2.61 bits per heavy atom. The maximum atomic E-state index is 5.32. The summed E-state index contributed by atoms with van der Waals surface area (Å²) in [5.74, 6) is 1.91. The van der Waals surface area contributed by atoms with Crippen LogP contribution in [0.25, 0.3) is 11.6 Å². The number of aliphatic imine (C=N–C) groups is 1. The van der Waals surface area contributed by atoms with Gasteiger partial charge in [0.05, 0.1) is 0 Å². The van der Waals surface area contributed by atoms with Crippen LogP contribution in [0.15, 0.2) is 64.2 Å². The number of nitrogens with zero attached hydrogens (tertiary/aromatic N) is 5. The van der Waals surface area contributed by atoms with Crippen LogP contribution >= 0.6 is 24.0 Å². The van der Waals surface area contributed by atoms with Gasteiger partial charge >= 0.3 is 0 Å². The molecule has 3 aromatic rings. The smallest absolute Gasteiger partial charge is 0.276 e. The van der Waals surface area contributed by atoms with E-state index in [1.54, 1.807) is 13.2 Å². The van der Waals surface area contributed by atoms with Crippen LogP contribution < -0.4 is 10.6 Å². The highest BCUT2D eigenvalue weighted by atomic mass is 127. The predicted octanol–water partition coefficient (Wildman–Crippen LogP) is 3.68. The van der Waals surface area contributed by atoms with E-state index in [1.165, 1.54) is 5.56 Å². The summed E-state index contributed by atoms with van der Waals surface area (Å²) in [4.78, 5) is 15.6. The van der Waals surface area contributed by atoms with Crippen molar-refractivity contribution in [3.8, 4) is 11.6 Å². The van der Waals surface area contributed by atoms with Crippen molar-refractivity contribution in [1.82, 2.24) is 30.7 Å². The number of hydrogen-bond donors (Lipinski definition) is 2. The zero-order valence-electron chi connectivity index (χ0n) is 19.1. The quantitative estimate of drug-likeness (QED) is 0.258. The number of guanidine groups is 1. The van der Waals surface area contributed by atoms with E-state index in [2.05, 4.69) is 72.9 Å². The van der Waals surface area contributed by atoms with Crippen LogP contribution in [0.5, 0.6) is 0 Å². The number of rotatable bonds is 7.